The summed E-state index contributed by atoms with van der Waals surface area (Å²) < 4.78 is 29.4. The molecule has 0 bridgehead atoms. The maximum absolute atomic E-state index is 13.2. The van der Waals surface area contributed by atoms with E-state index in [9.17, 15) is 13.5 Å². The highest BCUT2D eigenvalue weighted by Crippen LogP contribution is 2.33. The van der Waals surface area contributed by atoms with Crippen LogP contribution in [0.2, 0.25) is 0 Å². The molecule has 0 radical (unpaired) electrons. The summed E-state index contributed by atoms with van der Waals surface area (Å²) in [6.45, 7) is 2.80. The zero-order valence-electron chi connectivity index (χ0n) is 19.7. The van der Waals surface area contributed by atoms with Gasteiger partial charge in [-0.25, -0.2) is 8.42 Å². The van der Waals surface area contributed by atoms with Gasteiger partial charge in [0.05, 0.1) is 12.3 Å². The van der Waals surface area contributed by atoms with Crippen LogP contribution < -0.4 is 10.0 Å². The molecule has 1 saturated carbocycles. The Bertz CT molecular complexity index is 1180. The first-order valence-electron chi connectivity index (χ1n) is 12.1. The fourth-order valence-electron chi connectivity index (χ4n) is 4.70. The number of nitrogens with one attached hydrogen (secondary N) is 2. The zero-order chi connectivity index (χ0) is 24.0. The van der Waals surface area contributed by atoms with Crippen molar-refractivity contribution in [3.63, 3.8) is 0 Å². The number of anilines is 1. The van der Waals surface area contributed by atoms with E-state index in [1.54, 1.807) is 6.07 Å². The van der Waals surface area contributed by atoms with Crippen molar-refractivity contribution < 1.29 is 13.5 Å². The molecule has 34 heavy (non-hydrogen) atoms. The highest BCUT2D eigenvalue weighted by atomic mass is 32.2. The van der Waals surface area contributed by atoms with E-state index in [0.29, 0.717) is 18.3 Å². The average Bonchev–Trinajstić information content (AvgIpc) is 3.36. The quantitative estimate of drug-likeness (QED) is 0.313. The predicted octanol–water partition coefficient (Wildman–Crippen LogP) is 6.16. The molecule has 1 aliphatic rings. The number of aliphatic hydroxyl groups is 1. The summed E-state index contributed by atoms with van der Waals surface area (Å²) in [7, 11) is -3.71. The van der Waals surface area contributed by atoms with Crippen molar-refractivity contribution in [1.29, 1.82) is 0 Å². The summed E-state index contributed by atoms with van der Waals surface area (Å²) in [5.74, 6) is 0.802. The van der Waals surface area contributed by atoms with Gasteiger partial charge in [0.1, 0.15) is 4.21 Å². The van der Waals surface area contributed by atoms with E-state index in [1.807, 2.05) is 54.6 Å². The van der Waals surface area contributed by atoms with Crippen LogP contribution in [0.4, 0.5) is 5.69 Å². The van der Waals surface area contributed by atoms with Crippen molar-refractivity contribution in [2.45, 2.75) is 68.9 Å². The first kappa shape index (κ1) is 24.9. The van der Waals surface area contributed by atoms with Crippen LogP contribution in [-0.2, 0) is 23.2 Å². The molecule has 1 heterocycles. The van der Waals surface area contributed by atoms with Crippen molar-refractivity contribution in [3.05, 3.63) is 71.8 Å². The molecule has 0 spiro atoms. The third kappa shape index (κ3) is 6.48. The number of hydrogen-bond acceptors (Lipinski definition) is 5. The van der Waals surface area contributed by atoms with Gasteiger partial charge in [0.15, 0.2) is 0 Å². The molecular formula is C27H34N2O3S2. The Hall–Kier alpha value is -2.19. The Morgan fingerprint density at radius 1 is 1.03 bits per heavy atom. The minimum absolute atomic E-state index is 0.0456. The summed E-state index contributed by atoms with van der Waals surface area (Å²) in [5, 5.41) is 13.0. The molecule has 1 atom stereocenters. The van der Waals surface area contributed by atoms with Gasteiger partial charge in [-0.1, -0.05) is 68.5 Å². The van der Waals surface area contributed by atoms with E-state index in [-0.39, 0.29) is 10.8 Å². The van der Waals surface area contributed by atoms with Crippen molar-refractivity contribution in [3.8, 4) is 10.4 Å². The van der Waals surface area contributed by atoms with Crippen molar-refractivity contribution in [2.75, 3.05) is 4.72 Å². The van der Waals surface area contributed by atoms with Gasteiger partial charge in [0, 0.05) is 17.5 Å². The summed E-state index contributed by atoms with van der Waals surface area (Å²) in [6, 6.07) is 18.9. The Labute approximate surface area is 207 Å². The molecule has 1 aromatic heterocycles. The second-order valence-electron chi connectivity index (χ2n) is 9.26. The van der Waals surface area contributed by atoms with E-state index in [1.165, 1.54) is 49.9 Å². The summed E-state index contributed by atoms with van der Waals surface area (Å²) in [6.07, 6.45) is 7.89. The van der Waals surface area contributed by atoms with Gasteiger partial charge in [-0.05, 0) is 60.2 Å². The van der Waals surface area contributed by atoms with Gasteiger partial charge in [-0.3, -0.25) is 4.72 Å². The third-order valence-electron chi connectivity index (χ3n) is 6.55. The highest BCUT2D eigenvalue weighted by molar-refractivity contribution is 7.94. The van der Waals surface area contributed by atoms with Crippen LogP contribution in [-0.4, -0.2) is 19.6 Å². The molecule has 1 fully saturated rings. The minimum Gasteiger partial charge on any atom is -0.392 e. The van der Waals surface area contributed by atoms with Crippen molar-refractivity contribution in [2.24, 2.45) is 5.92 Å². The van der Waals surface area contributed by atoms with Crippen LogP contribution in [0, 0.1) is 5.92 Å². The van der Waals surface area contributed by atoms with Crippen LogP contribution in [0.1, 0.15) is 56.6 Å². The summed E-state index contributed by atoms with van der Waals surface area (Å²) in [5.41, 5.74) is 3.24. The second kappa shape index (κ2) is 11.5. The minimum atomic E-state index is -3.71. The van der Waals surface area contributed by atoms with E-state index < -0.39 is 10.0 Å². The Kier molecular flexibility index (Phi) is 8.42. The van der Waals surface area contributed by atoms with Gasteiger partial charge in [0.25, 0.3) is 10.0 Å². The first-order chi connectivity index (χ1) is 16.4. The largest absolute Gasteiger partial charge is 0.392 e. The fourth-order valence-corrected chi connectivity index (χ4v) is 7.11. The fraction of sp³-hybridized carbons (Fsp3) is 0.407. The molecule has 3 N–H and O–H groups in total. The van der Waals surface area contributed by atoms with Crippen LogP contribution >= 0.6 is 11.3 Å². The van der Waals surface area contributed by atoms with Crippen LogP contribution in [0.5, 0.6) is 0 Å². The normalized spacial score (nSPS) is 15.8. The molecule has 2 aromatic carbocycles. The lowest BCUT2D eigenvalue weighted by atomic mass is 9.85. The van der Waals surface area contributed by atoms with E-state index in [0.717, 1.165) is 27.5 Å². The number of benzene rings is 2. The SMILES string of the molecule is C[C@@H](CC1CCCCC1)NCc1ccccc1NS(=O)(=O)c1ccc(-c2cccc(CO)c2)s1. The predicted molar refractivity (Wildman–Crippen MR) is 140 cm³/mol. The maximum atomic E-state index is 13.2. The molecule has 182 valence electrons. The van der Waals surface area contributed by atoms with Crippen molar-refractivity contribution >= 4 is 27.0 Å². The molecule has 0 amide bonds. The molecule has 3 aromatic rings. The number of hydrogen-bond donors (Lipinski definition) is 3. The zero-order valence-corrected chi connectivity index (χ0v) is 21.3. The Balaban J connectivity index is 1.42. The van der Waals surface area contributed by atoms with Crippen LogP contribution in [0.3, 0.4) is 0 Å². The lowest BCUT2D eigenvalue weighted by molar-refractivity contribution is 0.282. The van der Waals surface area contributed by atoms with Gasteiger partial charge >= 0.3 is 0 Å². The second-order valence-corrected chi connectivity index (χ2v) is 12.3. The van der Waals surface area contributed by atoms with E-state index in [4.69, 9.17) is 0 Å². The molecular weight excluding hydrogens is 464 g/mol. The number of aliphatic hydroxyl groups excluding tert-OH is 1. The molecule has 1 aliphatic carbocycles. The monoisotopic (exact) mass is 498 g/mol. The number of rotatable bonds is 10. The maximum Gasteiger partial charge on any atom is 0.271 e. The molecule has 0 aliphatic heterocycles. The average molecular weight is 499 g/mol. The van der Waals surface area contributed by atoms with Gasteiger partial charge in [-0.15, -0.1) is 11.3 Å². The molecule has 5 nitrogen and oxygen atoms in total. The number of para-hydroxylation sites is 1. The molecule has 7 heteroatoms. The Morgan fingerprint density at radius 2 is 1.82 bits per heavy atom. The summed E-state index contributed by atoms with van der Waals surface area (Å²) >= 11 is 1.23. The van der Waals surface area contributed by atoms with Crippen molar-refractivity contribution in [1.82, 2.24) is 5.32 Å². The molecule has 0 unspecified atom stereocenters. The highest BCUT2D eigenvalue weighted by Gasteiger charge is 2.20. The topological polar surface area (TPSA) is 78.4 Å². The van der Waals surface area contributed by atoms with Crippen LogP contribution in [0.25, 0.3) is 10.4 Å². The van der Waals surface area contributed by atoms with Gasteiger partial charge in [-0.2, -0.15) is 0 Å². The first-order valence-corrected chi connectivity index (χ1v) is 14.4. The molecule has 0 saturated heterocycles. The molecule has 4 rings (SSSR count). The lowest BCUT2D eigenvalue weighted by Gasteiger charge is -2.25. The van der Waals surface area contributed by atoms with E-state index in [2.05, 4.69) is 17.0 Å². The standard InChI is InChI=1S/C27H34N2O3S2/c1-20(16-21-8-3-2-4-9-21)28-18-24-11-5-6-13-25(24)29-34(31,32)27-15-14-26(33-27)23-12-7-10-22(17-23)19-30/h5-7,10-15,17,20-21,28-30H,2-4,8-9,16,18-19H2,1H3/t20-/m0/s1. The van der Waals surface area contributed by atoms with E-state index >= 15 is 0 Å². The lowest BCUT2D eigenvalue weighted by Crippen LogP contribution is -2.29. The third-order valence-corrected chi connectivity index (χ3v) is 9.55. The van der Waals surface area contributed by atoms with Gasteiger partial charge < -0.3 is 10.4 Å². The number of sulfonamides is 1. The van der Waals surface area contributed by atoms with Crippen LogP contribution in [0.15, 0.2) is 64.9 Å². The Morgan fingerprint density at radius 3 is 2.62 bits per heavy atom. The summed E-state index contributed by atoms with van der Waals surface area (Å²) in [4.78, 5) is 0.849. The van der Waals surface area contributed by atoms with Gasteiger partial charge in [0.2, 0.25) is 0 Å². The number of thiophene rings is 1. The smallest absolute Gasteiger partial charge is 0.271 e.